The van der Waals surface area contributed by atoms with Crippen molar-refractivity contribution in [1.29, 1.82) is 0 Å². The van der Waals surface area contributed by atoms with Crippen LogP contribution in [0.15, 0.2) is 4.99 Å². The number of aliphatic imine (C=N–C) groups is 1. The highest BCUT2D eigenvalue weighted by atomic mass is 32.2. The molecule has 2 rings (SSSR count). The third-order valence-corrected chi connectivity index (χ3v) is 7.78. The van der Waals surface area contributed by atoms with E-state index in [9.17, 15) is 8.42 Å². The Morgan fingerprint density at radius 1 is 1.32 bits per heavy atom. The van der Waals surface area contributed by atoms with Crippen LogP contribution in [0.4, 0.5) is 0 Å². The number of thioether (sulfide) groups is 1. The van der Waals surface area contributed by atoms with Crippen LogP contribution in [0.5, 0.6) is 0 Å². The Kier molecular flexibility index (Phi) is 8.31. The van der Waals surface area contributed by atoms with Crippen molar-refractivity contribution in [2.24, 2.45) is 4.99 Å². The first-order valence-electron chi connectivity index (χ1n) is 9.19. The van der Waals surface area contributed by atoms with Crippen LogP contribution in [0.2, 0.25) is 0 Å². The van der Waals surface area contributed by atoms with Gasteiger partial charge in [0, 0.05) is 57.8 Å². The fourth-order valence-electron chi connectivity index (χ4n) is 3.55. The predicted octanol–water partition coefficient (Wildman–Crippen LogP) is 0.357. The van der Waals surface area contributed by atoms with Gasteiger partial charge in [-0.25, -0.2) is 12.7 Å². The maximum atomic E-state index is 12.4. The molecule has 0 spiro atoms. The molecule has 7 nitrogen and oxygen atoms in total. The summed E-state index contributed by atoms with van der Waals surface area (Å²) in [6, 6.07) is 0.558. The van der Waals surface area contributed by atoms with Crippen LogP contribution < -0.4 is 5.32 Å². The highest BCUT2D eigenvalue weighted by Gasteiger charge is 2.26. The third-order valence-electron chi connectivity index (χ3n) is 4.97. The van der Waals surface area contributed by atoms with E-state index in [1.165, 1.54) is 19.4 Å². The molecule has 0 amide bonds. The molecule has 2 saturated heterocycles. The van der Waals surface area contributed by atoms with Gasteiger partial charge in [-0.05, 0) is 25.9 Å². The smallest absolute Gasteiger partial charge is 0.215 e. The molecule has 2 fully saturated rings. The zero-order valence-electron chi connectivity index (χ0n) is 15.8. The van der Waals surface area contributed by atoms with E-state index < -0.39 is 10.0 Å². The largest absolute Gasteiger partial charge is 0.355 e. The zero-order chi connectivity index (χ0) is 18.3. The molecule has 0 radical (unpaired) electrons. The lowest BCUT2D eigenvalue weighted by Gasteiger charge is -2.30. The van der Waals surface area contributed by atoms with Crippen molar-refractivity contribution in [3.05, 3.63) is 0 Å². The second-order valence-corrected chi connectivity index (χ2v) is 9.92. The highest BCUT2D eigenvalue weighted by molar-refractivity contribution is 7.99. The van der Waals surface area contributed by atoms with Crippen LogP contribution >= 0.6 is 11.8 Å². The molecular weight excluding hydrogens is 358 g/mol. The van der Waals surface area contributed by atoms with Gasteiger partial charge in [-0.1, -0.05) is 6.92 Å². The van der Waals surface area contributed by atoms with Gasteiger partial charge in [-0.3, -0.25) is 9.89 Å². The van der Waals surface area contributed by atoms with E-state index >= 15 is 0 Å². The molecule has 1 atom stereocenters. The Balaban J connectivity index is 1.79. The molecule has 0 saturated carbocycles. The molecule has 1 N–H and O–H groups in total. The number of rotatable bonds is 7. The fourth-order valence-corrected chi connectivity index (χ4v) is 6.04. The molecule has 146 valence electrons. The number of nitrogens with zero attached hydrogens (tertiary/aromatic N) is 4. The van der Waals surface area contributed by atoms with Gasteiger partial charge in [-0.15, -0.1) is 0 Å². The number of hydrogen-bond donors (Lipinski definition) is 1. The molecule has 0 bridgehead atoms. The van der Waals surface area contributed by atoms with E-state index in [2.05, 4.69) is 27.0 Å². The lowest BCUT2D eigenvalue weighted by atomic mass is 10.2. The van der Waals surface area contributed by atoms with E-state index in [4.69, 9.17) is 0 Å². The van der Waals surface area contributed by atoms with E-state index in [0.29, 0.717) is 25.7 Å². The van der Waals surface area contributed by atoms with Crippen molar-refractivity contribution in [3.63, 3.8) is 0 Å². The van der Waals surface area contributed by atoms with Crippen LogP contribution in [0.25, 0.3) is 0 Å². The van der Waals surface area contributed by atoms with Crippen molar-refractivity contribution in [2.75, 3.05) is 70.6 Å². The highest BCUT2D eigenvalue weighted by Crippen LogP contribution is 2.17. The topological polar surface area (TPSA) is 68.2 Å². The third kappa shape index (κ3) is 6.01. The van der Waals surface area contributed by atoms with Crippen molar-refractivity contribution in [2.45, 2.75) is 25.8 Å². The minimum Gasteiger partial charge on any atom is -0.355 e. The lowest BCUT2D eigenvalue weighted by molar-refractivity contribution is 0.233. The fraction of sp³-hybridized carbons (Fsp3) is 0.938. The molecule has 0 aromatic heterocycles. The predicted molar refractivity (Wildman–Crippen MR) is 107 cm³/mol. The number of nitrogens with one attached hydrogen (secondary N) is 1. The molecule has 1 unspecified atom stereocenters. The summed E-state index contributed by atoms with van der Waals surface area (Å²) in [4.78, 5) is 8.93. The van der Waals surface area contributed by atoms with Crippen molar-refractivity contribution >= 4 is 27.7 Å². The van der Waals surface area contributed by atoms with Crippen LogP contribution in [-0.4, -0.2) is 105 Å². The molecule has 0 aromatic rings. The van der Waals surface area contributed by atoms with Crippen LogP contribution in [0.3, 0.4) is 0 Å². The zero-order valence-corrected chi connectivity index (χ0v) is 17.4. The summed E-state index contributed by atoms with van der Waals surface area (Å²) >= 11 is 1.82. The first kappa shape index (κ1) is 20.8. The summed E-state index contributed by atoms with van der Waals surface area (Å²) in [5.74, 6) is 2.68. The van der Waals surface area contributed by atoms with Gasteiger partial charge in [0.15, 0.2) is 5.96 Å². The summed E-state index contributed by atoms with van der Waals surface area (Å²) in [5, 5.41) is 3.22. The van der Waals surface area contributed by atoms with Gasteiger partial charge in [0.1, 0.15) is 0 Å². The number of likely N-dealkylation sites (tertiary alicyclic amines) is 1. The Bertz CT molecular complexity index is 535. The van der Waals surface area contributed by atoms with Crippen LogP contribution in [-0.2, 0) is 10.0 Å². The summed E-state index contributed by atoms with van der Waals surface area (Å²) in [6.45, 7) is 7.04. The van der Waals surface area contributed by atoms with Crippen molar-refractivity contribution in [3.8, 4) is 0 Å². The van der Waals surface area contributed by atoms with Crippen molar-refractivity contribution < 1.29 is 8.42 Å². The summed E-state index contributed by atoms with van der Waals surface area (Å²) in [5.41, 5.74) is 0. The minimum absolute atomic E-state index is 0.120. The van der Waals surface area contributed by atoms with Gasteiger partial charge < -0.3 is 10.2 Å². The van der Waals surface area contributed by atoms with Gasteiger partial charge >= 0.3 is 0 Å². The summed E-state index contributed by atoms with van der Waals surface area (Å²) < 4.78 is 26.4. The number of sulfonamides is 1. The standard InChI is InChI=1S/C16H33N5O2S2/c1-4-20-8-5-6-15(20)14-19(3)16(17-2)18-7-13-25(22,23)21-9-11-24-12-10-21/h15H,4-14H2,1-3H3,(H,17,18). The number of hydrogen-bond acceptors (Lipinski definition) is 5. The molecular formula is C16H33N5O2S2. The van der Waals surface area contributed by atoms with Gasteiger partial charge in [0.05, 0.1) is 5.75 Å². The lowest BCUT2D eigenvalue weighted by Crippen LogP contribution is -2.47. The Morgan fingerprint density at radius 2 is 2.04 bits per heavy atom. The first-order valence-corrected chi connectivity index (χ1v) is 12.0. The molecule has 2 aliphatic rings. The second kappa shape index (κ2) is 9.99. The van der Waals surface area contributed by atoms with E-state index in [1.807, 2.05) is 18.8 Å². The average molecular weight is 392 g/mol. The number of guanidine groups is 1. The Labute approximate surface area is 157 Å². The van der Waals surface area contributed by atoms with Crippen molar-refractivity contribution in [1.82, 2.24) is 19.4 Å². The summed E-state index contributed by atoms with van der Waals surface area (Å²) in [6.07, 6.45) is 2.47. The molecule has 9 heteroatoms. The van der Waals surface area contributed by atoms with Gasteiger partial charge in [0.2, 0.25) is 10.0 Å². The normalized spacial score (nSPS) is 23.8. The first-order chi connectivity index (χ1) is 12.0. The monoisotopic (exact) mass is 391 g/mol. The maximum Gasteiger partial charge on any atom is 0.215 e. The molecule has 2 aliphatic heterocycles. The molecule has 25 heavy (non-hydrogen) atoms. The molecule has 0 aromatic carbocycles. The quantitative estimate of drug-likeness (QED) is 0.499. The summed E-state index contributed by atoms with van der Waals surface area (Å²) in [7, 11) is 0.605. The van der Waals surface area contributed by atoms with Gasteiger partial charge in [0.25, 0.3) is 0 Å². The van der Waals surface area contributed by atoms with E-state index in [-0.39, 0.29) is 5.75 Å². The molecule has 0 aliphatic carbocycles. The Hall–Kier alpha value is -0.510. The van der Waals surface area contributed by atoms with Crippen LogP contribution in [0.1, 0.15) is 19.8 Å². The van der Waals surface area contributed by atoms with Crippen LogP contribution in [0, 0.1) is 0 Å². The SMILES string of the molecule is CCN1CCCC1CN(C)C(=NC)NCCS(=O)(=O)N1CCSCC1. The van der Waals surface area contributed by atoms with Gasteiger partial charge in [-0.2, -0.15) is 11.8 Å². The Morgan fingerprint density at radius 3 is 2.68 bits per heavy atom. The number of likely N-dealkylation sites (N-methyl/N-ethyl adjacent to an activating group) is 2. The minimum atomic E-state index is -3.17. The average Bonchev–Trinajstić information content (AvgIpc) is 3.06. The van der Waals surface area contributed by atoms with E-state index in [1.54, 1.807) is 11.4 Å². The second-order valence-electron chi connectivity index (χ2n) is 6.61. The molecule has 2 heterocycles. The van der Waals surface area contributed by atoms with E-state index in [0.717, 1.165) is 30.6 Å². The maximum absolute atomic E-state index is 12.4.